The van der Waals surface area contributed by atoms with Crippen molar-refractivity contribution in [3.63, 3.8) is 0 Å². The molecule has 1 saturated heterocycles. The van der Waals surface area contributed by atoms with Crippen molar-refractivity contribution in [2.24, 2.45) is 0 Å². The fourth-order valence-electron chi connectivity index (χ4n) is 2.47. The second kappa shape index (κ2) is 5.02. The van der Waals surface area contributed by atoms with Crippen LogP contribution in [0.4, 0.5) is 10.1 Å². The van der Waals surface area contributed by atoms with Crippen molar-refractivity contribution in [3.8, 4) is 0 Å². The Hall–Kier alpha value is -1.13. The van der Waals surface area contributed by atoms with Gasteiger partial charge in [0.25, 0.3) is 0 Å². The minimum absolute atomic E-state index is 0.242. The highest BCUT2D eigenvalue weighted by molar-refractivity contribution is 5.41. The van der Waals surface area contributed by atoms with Crippen LogP contribution >= 0.6 is 0 Å². The van der Waals surface area contributed by atoms with Crippen LogP contribution in [0.2, 0.25) is 0 Å². The molecule has 0 saturated carbocycles. The number of hydrogen-bond acceptors (Lipinski definition) is 3. The molecule has 0 aromatic heterocycles. The molecule has 1 heterocycles. The van der Waals surface area contributed by atoms with Crippen LogP contribution in [0.5, 0.6) is 0 Å². The summed E-state index contributed by atoms with van der Waals surface area (Å²) in [6.07, 6.45) is 1.27. The third-order valence-electron chi connectivity index (χ3n) is 3.31. The van der Waals surface area contributed by atoms with Crippen LogP contribution in [-0.2, 0) is 11.3 Å². The molecule has 0 spiro atoms. The van der Waals surface area contributed by atoms with Crippen LogP contribution in [-0.4, -0.2) is 30.7 Å². The maximum absolute atomic E-state index is 13.2. The lowest BCUT2D eigenvalue weighted by molar-refractivity contribution is 0.0814. The molecule has 0 radical (unpaired) electrons. The van der Waals surface area contributed by atoms with Gasteiger partial charge >= 0.3 is 0 Å². The van der Waals surface area contributed by atoms with Gasteiger partial charge in [-0.25, -0.2) is 4.39 Å². The zero-order valence-electron chi connectivity index (χ0n) is 10.3. The Bertz CT molecular complexity index is 377. The summed E-state index contributed by atoms with van der Waals surface area (Å²) in [6.45, 7) is 3.58. The van der Waals surface area contributed by atoms with Gasteiger partial charge in [-0.1, -0.05) is 0 Å². The number of halogens is 1. The summed E-state index contributed by atoms with van der Waals surface area (Å²) >= 11 is 0. The van der Waals surface area contributed by atoms with Gasteiger partial charge in [-0.3, -0.25) is 4.90 Å². The van der Waals surface area contributed by atoms with Gasteiger partial charge in [0.05, 0.1) is 6.10 Å². The molecular weight excluding hydrogens is 219 g/mol. The minimum Gasteiger partial charge on any atom is -0.399 e. The SMILES string of the molecule is CC1OCCC1N(C)Cc1cc(N)cc(F)c1. The number of ether oxygens (including phenoxy) is 1. The van der Waals surface area contributed by atoms with E-state index in [9.17, 15) is 4.39 Å². The molecular formula is C13H19FN2O. The Labute approximate surface area is 101 Å². The third kappa shape index (κ3) is 2.96. The molecule has 1 aromatic carbocycles. The standard InChI is InChI=1S/C13H19FN2O/c1-9-13(3-4-17-9)16(2)8-10-5-11(14)7-12(15)6-10/h5-7,9,13H,3-4,8,15H2,1-2H3. The zero-order valence-corrected chi connectivity index (χ0v) is 10.3. The number of nitrogen functional groups attached to an aromatic ring is 1. The molecule has 0 bridgehead atoms. The quantitative estimate of drug-likeness (QED) is 0.819. The van der Waals surface area contributed by atoms with Gasteiger partial charge in [-0.15, -0.1) is 0 Å². The molecule has 2 N–H and O–H groups in total. The normalized spacial score (nSPS) is 24.5. The van der Waals surface area contributed by atoms with Crippen molar-refractivity contribution in [1.82, 2.24) is 4.90 Å². The summed E-state index contributed by atoms with van der Waals surface area (Å²) in [5.41, 5.74) is 7.02. The fraction of sp³-hybridized carbons (Fsp3) is 0.538. The van der Waals surface area contributed by atoms with Crippen LogP contribution in [0.3, 0.4) is 0 Å². The van der Waals surface area contributed by atoms with E-state index in [0.717, 1.165) is 18.6 Å². The molecule has 1 aliphatic rings. The van der Waals surface area contributed by atoms with E-state index in [1.54, 1.807) is 0 Å². The zero-order chi connectivity index (χ0) is 12.4. The molecule has 3 nitrogen and oxygen atoms in total. The molecule has 4 heteroatoms. The molecule has 1 fully saturated rings. The summed E-state index contributed by atoms with van der Waals surface area (Å²) in [4.78, 5) is 2.20. The van der Waals surface area contributed by atoms with Gasteiger partial charge in [-0.05, 0) is 44.2 Å². The Morgan fingerprint density at radius 1 is 1.47 bits per heavy atom. The van der Waals surface area contributed by atoms with Crippen LogP contribution < -0.4 is 5.73 Å². The lowest BCUT2D eigenvalue weighted by atomic mass is 10.1. The number of anilines is 1. The third-order valence-corrected chi connectivity index (χ3v) is 3.31. The Morgan fingerprint density at radius 3 is 2.82 bits per heavy atom. The first-order chi connectivity index (χ1) is 8.06. The summed E-state index contributed by atoms with van der Waals surface area (Å²) in [7, 11) is 2.04. The van der Waals surface area contributed by atoms with E-state index in [1.165, 1.54) is 12.1 Å². The molecule has 17 heavy (non-hydrogen) atoms. The predicted octanol–water partition coefficient (Wildman–Crippen LogP) is 2.02. The van der Waals surface area contributed by atoms with Gasteiger partial charge < -0.3 is 10.5 Å². The monoisotopic (exact) mass is 238 g/mol. The van der Waals surface area contributed by atoms with Gasteiger partial charge in [0, 0.05) is 24.9 Å². The van der Waals surface area contributed by atoms with E-state index in [2.05, 4.69) is 11.8 Å². The first-order valence-corrected chi connectivity index (χ1v) is 5.93. The lowest BCUT2D eigenvalue weighted by Gasteiger charge is -2.26. The highest BCUT2D eigenvalue weighted by Crippen LogP contribution is 2.21. The second-order valence-electron chi connectivity index (χ2n) is 4.74. The number of likely N-dealkylation sites (N-methyl/N-ethyl adjacent to an activating group) is 1. The first kappa shape index (κ1) is 12.3. The maximum atomic E-state index is 13.2. The smallest absolute Gasteiger partial charge is 0.125 e. The number of benzene rings is 1. The predicted molar refractivity (Wildman–Crippen MR) is 66.1 cm³/mol. The van der Waals surface area contributed by atoms with Crippen LogP contribution in [0.1, 0.15) is 18.9 Å². The summed E-state index contributed by atoms with van der Waals surface area (Å²) in [6, 6.07) is 5.09. The van der Waals surface area contributed by atoms with Crippen LogP contribution in [0, 0.1) is 5.82 Å². The van der Waals surface area contributed by atoms with Gasteiger partial charge in [-0.2, -0.15) is 0 Å². The van der Waals surface area contributed by atoms with Crippen LogP contribution in [0.15, 0.2) is 18.2 Å². The number of nitrogens with two attached hydrogens (primary N) is 1. The topological polar surface area (TPSA) is 38.5 Å². The summed E-state index contributed by atoms with van der Waals surface area (Å²) in [5, 5.41) is 0. The highest BCUT2D eigenvalue weighted by Gasteiger charge is 2.27. The number of hydrogen-bond donors (Lipinski definition) is 1. The van der Waals surface area contributed by atoms with Crippen molar-refractivity contribution < 1.29 is 9.13 Å². The summed E-state index contributed by atoms with van der Waals surface area (Å²) < 4.78 is 18.7. The van der Waals surface area contributed by atoms with E-state index >= 15 is 0 Å². The van der Waals surface area contributed by atoms with Crippen molar-refractivity contribution in [2.45, 2.75) is 32.0 Å². The molecule has 1 aromatic rings. The average molecular weight is 238 g/mol. The van der Waals surface area contributed by atoms with E-state index in [-0.39, 0.29) is 11.9 Å². The van der Waals surface area contributed by atoms with Gasteiger partial charge in [0.2, 0.25) is 0 Å². The van der Waals surface area contributed by atoms with E-state index in [4.69, 9.17) is 10.5 Å². The molecule has 2 rings (SSSR count). The lowest BCUT2D eigenvalue weighted by Crippen LogP contribution is -2.36. The van der Waals surface area contributed by atoms with Gasteiger partial charge in [0.15, 0.2) is 0 Å². The maximum Gasteiger partial charge on any atom is 0.125 e. The van der Waals surface area contributed by atoms with Crippen molar-refractivity contribution in [2.75, 3.05) is 19.4 Å². The number of rotatable bonds is 3. The van der Waals surface area contributed by atoms with Crippen molar-refractivity contribution in [1.29, 1.82) is 0 Å². The second-order valence-corrected chi connectivity index (χ2v) is 4.74. The Balaban J connectivity index is 2.04. The summed E-state index contributed by atoms with van der Waals surface area (Å²) in [5.74, 6) is -0.274. The van der Waals surface area contributed by atoms with Crippen molar-refractivity contribution in [3.05, 3.63) is 29.6 Å². The highest BCUT2D eigenvalue weighted by atomic mass is 19.1. The Kier molecular flexibility index (Phi) is 3.64. The molecule has 1 aliphatic heterocycles. The first-order valence-electron chi connectivity index (χ1n) is 5.93. The van der Waals surface area contributed by atoms with E-state index < -0.39 is 0 Å². The molecule has 0 amide bonds. The Morgan fingerprint density at radius 2 is 2.24 bits per heavy atom. The number of nitrogens with zero attached hydrogens (tertiary/aromatic N) is 1. The van der Waals surface area contributed by atoms with Crippen LogP contribution in [0.25, 0.3) is 0 Å². The van der Waals surface area contributed by atoms with E-state index in [0.29, 0.717) is 18.3 Å². The largest absolute Gasteiger partial charge is 0.399 e. The molecule has 2 atom stereocenters. The fourth-order valence-corrected chi connectivity index (χ4v) is 2.47. The van der Waals surface area contributed by atoms with Crippen molar-refractivity contribution >= 4 is 5.69 Å². The van der Waals surface area contributed by atoms with Gasteiger partial charge in [0.1, 0.15) is 5.82 Å². The molecule has 94 valence electrons. The average Bonchev–Trinajstić information content (AvgIpc) is 2.62. The molecule has 0 aliphatic carbocycles. The minimum atomic E-state index is -0.274. The van der Waals surface area contributed by atoms with E-state index in [1.807, 2.05) is 13.1 Å². The molecule has 2 unspecified atom stereocenters.